The molecule has 0 rings (SSSR count). The summed E-state index contributed by atoms with van der Waals surface area (Å²) in [5, 5.41) is 8.61. The summed E-state index contributed by atoms with van der Waals surface area (Å²) in [5.74, 6) is 3.85. The third kappa shape index (κ3) is 23.2. The minimum atomic E-state index is -4.31. The van der Waals surface area contributed by atoms with Gasteiger partial charge in [0.15, 0.2) is 0 Å². The van der Waals surface area contributed by atoms with Crippen LogP contribution in [0.15, 0.2) is 58.2 Å². The summed E-state index contributed by atoms with van der Waals surface area (Å²) in [6, 6.07) is 0. The van der Waals surface area contributed by atoms with Crippen LogP contribution in [-0.4, -0.2) is 39.7 Å². The highest BCUT2D eigenvalue weighted by Gasteiger charge is 2.28. The molecule has 0 fully saturated rings. The first-order valence-corrected chi connectivity index (χ1v) is 16.2. The maximum absolute atomic E-state index is 12.2. The number of nitrogens with two attached hydrogens (primary N) is 1. The zero-order valence-corrected chi connectivity index (χ0v) is 27.2. The summed E-state index contributed by atoms with van der Waals surface area (Å²) in [6.45, 7) is 12.4. The Hall–Kier alpha value is -2.09. The van der Waals surface area contributed by atoms with Gasteiger partial charge in [-0.25, -0.2) is 4.57 Å². The highest BCUT2D eigenvalue weighted by molar-refractivity contribution is 7.50. The lowest BCUT2D eigenvalue weighted by atomic mass is 10.0. The second-order valence-corrected chi connectivity index (χ2v) is 12.9. The number of unbranched alkanes of at least 4 members (excludes halogenated alkanes) is 1. The van der Waals surface area contributed by atoms with Gasteiger partial charge in [0.05, 0.1) is 19.6 Å². The predicted molar refractivity (Wildman–Crippen MR) is 169 cm³/mol. The largest absolute Gasteiger partial charge is 0.481 e. The lowest BCUT2D eigenvalue weighted by molar-refractivity contribution is -0.138. The molecule has 4 N–H and O–H groups in total. The average molecular weight is 595 g/mol. The van der Waals surface area contributed by atoms with Crippen LogP contribution in [-0.2, 0) is 18.7 Å². The van der Waals surface area contributed by atoms with Crippen molar-refractivity contribution >= 4 is 19.5 Å². The van der Waals surface area contributed by atoms with E-state index in [1.54, 1.807) is 0 Å². The molecule has 41 heavy (non-hydrogen) atoms. The number of carboxylic acid groups (broad SMARTS) is 1. The fourth-order valence-electron chi connectivity index (χ4n) is 3.95. The Bertz CT molecular complexity index is 1010. The number of rotatable bonds is 23. The number of carbonyl (C=O) groups is 2. The fraction of sp³-hybridized carbons (Fsp3) is 0.625. The zero-order valence-electron chi connectivity index (χ0n) is 26.3. The van der Waals surface area contributed by atoms with Gasteiger partial charge in [-0.05, 0) is 106 Å². The number of hydrogen-bond acceptors (Lipinski definition) is 5. The van der Waals surface area contributed by atoms with Gasteiger partial charge in [-0.1, -0.05) is 58.2 Å². The molecule has 0 amide bonds. The molecule has 0 aliphatic rings. The quantitative estimate of drug-likeness (QED) is 0.0354. The molecule has 0 spiro atoms. The summed E-state index contributed by atoms with van der Waals surface area (Å²) >= 11 is 0. The van der Waals surface area contributed by atoms with Crippen LogP contribution in [0.3, 0.4) is 0 Å². The first-order chi connectivity index (χ1) is 19.2. The first-order valence-electron chi connectivity index (χ1n) is 14.7. The Labute approximate surface area is 248 Å². The Balaban J connectivity index is 4.20. The zero-order chi connectivity index (χ0) is 31.3. The highest BCUT2D eigenvalue weighted by Crippen LogP contribution is 2.43. The SMILES string of the molecule is CC(C)=CCC/C(C)=C/CC/C(C)=C/CC/C=C(\C)CC/C=C(\C)CCCOP(=O)(O)N(N)CC(=O)CCC(=O)O. The third-order valence-electron chi connectivity index (χ3n) is 6.56. The molecule has 0 aromatic rings. The van der Waals surface area contributed by atoms with Crippen molar-refractivity contribution in [3.63, 3.8) is 0 Å². The Kier molecular flexibility index (Phi) is 21.4. The van der Waals surface area contributed by atoms with Crippen molar-refractivity contribution in [1.82, 2.24) is 4.78 Å². The van der Waals surface area contributed by atoms with Gasteiger partial charge in [-0.2, -0.15) is 0 Å². The summed E-state index contributed by atoms with van der Waals surface area (Å²) < 4.78 is 17.7. The molecule has 9 heteroatoms. The summed E-state index contributed by atoms with van der Waals surface area (Å²) in [6.07, 6.45) is 20.7. The van der Waals surface area contributed by atoms with Crippen molar-refractivity contribution in [3.05, 3.63) is 58.2 Å². The minimum Gasteiger partial charge on any atom is -0.481 e. The molecule has 1 unspecified atom stereocenters. The van der Waals surface area contributed by atoms with Crippen LogP contribution in [0.25, 0.3) is 0 Å². The number of aliphatic carboxylic acids is 1. The van der Waals surface area contributed by atoms with E-state index in [1.807, 2.05) is 6.92 Å². The molecule has 234 valence electrons. The van der Waals surface area contributed by atoms with E-state index in [0.29, 0.717) is 11.2 Å². The second-order valence-electron chi connectivity index (χ2n) is 11.1. The van der Waals surface area contributed by atoms with Gasteiger partial charge in [0.25, 0.3) is 0 Å². The van der Waals surface area contributed by atoms with Gasteiger partial charge >= 0.3 is 13.7 Å². The van der Waals surface area contributed by atoms with Gasteiger partial charge in [0.1, 0.15) is 5.78 Å². The smallest absolute Gasteiger partial charge is 0.419 e. The Morgan fingerprint density at radius 1 is 0.707 bits per heavy atom. The fourth-order valence-corrected chi connectivity index (χ4v) is 4.80. The first kappa shape index (κ1) is 38.9. The average Bonchev–Trinajstić information content (AvgIpc) is 2.87. The van der Waals surface area contributed by atoms with E-state index in [-0.39, 0.29) is 19.4 Å². The summed E-state index contributed by atoms with van der Waals surface area (Å²) in [5.41, 5.74) is 6.87. The van der Waals surface area contributed by atoms with E-state index in [1.165, 1.54) is 27.9 Å². The monoisotopic (exact) mass is 594 g/mol. The van der Waals surface area contributed by atoms with Gasteiger partial charge in [-0.15, -0.1) is 4.78 Å². The topological polar surface area (TPSA) is 130 Å². The Morgan fingerprint density at radius 3 is 1.61 bits per heavy atom. The van der Waals surface area contributed by atoms with Crippen LogP contribution in [0.1, 0.15) is 119 Å². The van der Waals surface area contributed by atoms with Gasteiger partial charge < -0.3 is 10.00 Å². The van der Waals surface area contributed by atoms with Crippen LogP contribution < -0.4 is 5.84 Å². The standard InChI is InChI=1S/C32H55N2O6P/c1-26(2)13-9-16-29(5)19-10-17-27(3)14-7-8-15-28(4)18-11-20-30(6)21-12-24-40-41(38,39)34(33)25-31(35)22-23-32(36)37/h13-15,19-20H,7-12,16-18,21-25,33H2,1-6H3,(H,36,37)(H,38,39)/b27-14+,28-15+,29-19+,30-20+. The second kappa shape index (κ2) is 22.5. The number of ketones is 1. The van der Waals surface area contributed by atoms with E-state index >= 15 is 0 Å². The molecule has 0 aliphatic carbocycles. The van der Waals surface area contributed by atoms with Crippen LogP contribution in [0.5, 0.6) is 0 Å². The van der Waals surface area contributed by atoms with Crippen molar-refractivity contribution < 1.29 is 28.7 Å². The lowest BCUT2D eigenvalue weighted by Crippen LogP contribution is -2.34. The van der Waals surface area contributed by atoms with Crippen LogP contribution in [0, 0.1) is 0 Å². The molecule has 0 aromatic carbocycles. The van der Waals surface area contributed by atoms with Crippen LogP contribution in [0.2, 0.25) is 0 Å². The number of allylic oxidation sites excluding steroid dienone is 10. The molecular weight excluding hydrogens is 539 g/mol. The van der Waals surface area contributed by atoms with E-state index in [0.717, 1.165) is 57.8 Å². The van der Waals surface area contributed by atoms with E-state index < -0.39 is 26.0 Å². The van der Waals surface area contributed by atoms with Crippen molar-refractivity contribution in [2.75, 3.05) is 13.2 Å². The van der Waals surface area contributed by atoms with Crippen LogP contribution >= 0.6 is 7.75 Å². The van der Waals surface area contributed by atoms with E-state index in [4.69, 9.17) is 15.5 Å². The van der Waals surface area contributed by atoms with Crippen LogP contribution in [0.4, 0.5) is 0 Å². The normalized spacial score (nSPS) is 14.8. The van der Waals surface area contributed by atoms with E-state index in [2.05, 4.69) is 65.0 Å². The number of carboxylic acids is 1. The lowest BCUT2D eigenvalue weighted by Gasteiger charge is -2.21. The molecule has 0 saturated carbocycles. The molecule has 0 bridgehead atoms. The molecule has 1 atom stereocenters. The minimum absolute atomic E-state index is 0.0218. The van der Waals surface area contributed by atoms with Crippen molar-refractivity contribution in [2.24, 2.45) is 5.84 Å². The van der Waals surface area contributed by atoms with Gasteiger partial charge in [0.2, 0.25) is 0 Å². The molecule has 0 aromatic heterocycles. The number of Topliss-reactive ketones (excluding diaryl/α,β-unsaturated/α-hetero) is 1. The highest BCUT2D eigenvalue weighted by atomic mass is 31.2. The number of hydrogen-bond donors (Lipinski definition) is 3. The third-order valence-corrected chi connectivity index (χ3v) is 7.87. The molecule has 0 saturated heterocycles. The van der Waals surface area contributed by atoms with Crippen molar-refractivity contribution in [3.8, 4) is 0 Å². The number of nitrogens with zero attached hydrogens (tertiary/aromatic N) is 1. The van der Waals surface area contributed by atoms with E-state index in [9.17, 15) is 19.0 Å². The van der Waals surface area contributed by atoms with Crippen molar-refractivity contribution in [1.29, 1.82) is 0 Å². The van der Waals surface area contributed by atoms with Gasteiger partial charge in [-0.3, -0.25) is 20.0 Å². The molecule has 0 heterocycles. The Morgan fingerprint density at radius 2 is 1.15 bits per heavy atom. The van der Waals surface area contributed by atoms with Gasteiger partial charge in [0, 0.05) is 6.42 Å². The molecule has 0 radical (unpaired) electrons. The maximum atomic E-state index is 12.2. The maximum Gasteiger partial charge on any atom is 0.419 e. The molecule has 8 nitrogen and oxygen atoms in total. The predicted octanol–water partition coefficient (Wildman–Crippen LogP) is 8.37. The summed E-state index contributed by atoms with van der Waals surface area (Å²) in [7, 11) is -4.31. The molecular formula is C32H55N2O6P. The molecule has 0 aliphatic heterocycles. The van der Waals surface area contributed by atoms with Crippen molar-refractivity contribution in [2.45, 2.75) is 119 Å². The summed E-state index contributed by atoms with van der Waals surface area (Å²) in [4.78, 5) is 32.1. The number of carbonyl (C=O) groups excluding carboxylic acids is 1. The number of hydrazine groups is 1.